The average Bonchev–Trinajstić information content (AvgIpc) is 2.58. The highest BCUT2D eigenvalue weighted by Crippen LogP contribution is 2.17. The number of anilines is 1. The van der Waals surface area contributed by atoms with Crippen molar-refractivity contribution in [3.8, 4) is 0 Å². The van der Waals surface area contributed by atoms with Gasteiger partial charge in [-0.15, -0.1) is 0 Å². The lowest BCUT2D eigenvalue weighted by Crippen LogP contribution is -2.30. The van der Waals surface area contributed by atoms with Gasteiger partial charge < -0.3 is 10.2 Å². The molecule has 0 aliphatic heterocycles. The summed E-state index contributed by atoms with van der Waals surface area (Å²) in [7, 11) is 0. The van der Waals surface area contributed by atoms with Crippen molar-refractivity contribution >= 4 is 17.5 Å². The zero-order chi connectivity index (χ0) is 17.7. The topological polar surface area (TPSA) is 62.3 Å². The second-order valence-corrected chi connectivity index (χ2v) is 5.68. The fourth-order valence-corrected chi connectivity index (χ4v) is 2.52. The SMILES string of the molecule is CCN(CC)C(=O)c1ccnc(C(=O)Nc2ccc(C)cc2C)c1. The van der Waals surface area contributed by atoms with Crippen LogP contribution in [0.2, 0.25) is 0 Å². The molecule has 0 bridgehead atoms. The number of hydrogen-bond donors (Lipinski definition) is 1. The molecule has 0 atom stereocenters. The van der Waals surface area contributed by atoms with Crippen LogP contribution in [0.4, 0.5) is 5.69 Å². The fraction of sp³-hybridized carbons (Fsp3) is 0.316. The summed E-state index contributed by atoms with van der Waals surface area (Å²) in [6.45, 7) is 9.05. The minimum atomic E-state index is -0.323. The van der Waals surface area contributed by atoms with Gasteiger partial charge in [0.25, 0.3) is 11.8 Å². The van der Waals surface area contributed by atoms with Gasteiger partial charge in [-0.2, -0.15) is 0 Å². The Balaban J connectivity index is 2.21. The highest BCUT2D eigenvalue weighted by atomic mass is 16.2. The fourth-order valence-electron chi connectivity index (χ4n) is 2.52. The first-order valence-corrected chi connectivity index (χ1v) is 8.10. The number of rotatable bonds is 5. The van der Waals surface area contributed by atoms with Gasteiger partial charge in [-0.25, -0.2) is 0 Å². The largest absolute Gasteiger partial charge is 0.339 e. The predicted molar refractivity (Wildman–Crippen MR) is 95.4 cm³/mol. The van der Waals surface area contributed by atoms with E-state index in [4.69, 9.17) is 0 Å². The summed E-state index contributed by atoms with van der Waals surface area (Å²) in [5.41, 5.74) is 3.56. The monoisotopic (exact) mass is 325 g/mol. The third kappa shape index (κ3) is 3.98. The normalized spacial score (nSPS) is 10.3. The molecule has 1 heterocycles. The molecule has 1 N–H and O–H groups in total. The van der Waals surface area contributed by atoms with E-state index in [1.165, 1.54) is 6.20 Å². The van der Waals surface area contributed by atoms with Crippen LogP contribution in [-0.2, 0) is 0 Å². The molecule has 0 aliphatic rings. The molecule has 0 aliphatic carbocycles. The minimum absolute atomic E-state index is 0.0945. The maximum absolute atomic E-state index is 12.4. The summed E-state index contributed by atoms with van der Waals surface area (Å²) < 4.78 is 0. The lowest BCUT2D eigenvalue weighted by Gasteiger charge is -2.18. The predicted octanol–water partition coefficient (Wildman–Crippen LogP) is 3.43. The number of hydrogen-bond acceptors (Lipinski definition) is 3. The van der Waals surface area contributed by atoms with Crippen molar-refractivity contribution in [2.45, 2.75) is 27.7 Å². The van der Waals surface area contributed by atoms with Crippen molar-refractivity contribution in [3.05, 3.63) is 58.9 Å². The van der Waals surface area contributed by atoms with Crippen LogP contribution >= 0.6 is 0 Å². The van der Waals surface area contributed by atoms with E-state index in [0.29, 0.717) is 18.7 Å². The summed E-state index contributed by atoms with van der Waals surface area (Å²) in [6, 6.07) is 8.99. The van der Waals surface area contributed by atoms with Crippen molar-refractivity contribution in [3.63, 3.8) is 0 Å². The summed E-state index contributed by atoms with van der Waals surface area (Å²) in [6.07, 6.45) is 1.49. The molecule has 1 aromatic carbocycles. The smallest absolute Gasteiger partial charge is 0.274 e. The second-order valence-electron chi connectivity index (χ2n) is 5.68. The third-order valence-corrected chi connectivity index (χ3v) is 3.92. The van der Waals surface area contributed by atoms with Crippen LogP contribution in [0.5, 0.6) is 0 Å². The van der Waals surface area contributed by atoms with E-state index in [-0.39, 0.29) is 17.5 Å². The highest BCUT2D eigenvalue weighted by molar-refractivity contribution is 6.05. The van der Waals surface area contributed by atoms with Gasteiger partial charge in [0.1, 0.15) is 5.69 Å². The molecule has 2 aromatic rings. The molecule has 1 aromatic heterocycles. The number of benzene rings is 1. The third-order valence-electron chi connectivity index (χ3n) is 3.92. The van der Waals surface area contributed by atoms with Gasteiger partial charge in [0.05, 0.1) is 0 Å². The van der Waals surface area contributed by atoms with Crippen LogP contribution in [0, 0.1) is 13.8 Å². The van der Waals surface area contributed by atoms with Crippen molar-refractivity contribution in [1.29, 1.82) is 0 Å². The molecule has 0 spiro atoms. The van der Waals surface area contributed by atoms with Crippen LogP contribution in [0.1, 0.15) is 45.8 Å². The van der Waals surface area contributed by atoms with E-state index >= 15 is 0 Å². The van der Waals surface area contributed by atoms with Gasteiger partial charge in [-0.05, 0) is 51.5 Å². The maximum Gasteiger partial charge on any atom is 0.274 e. The summed E-state index contributed by atoms with van der Waals surface area (Å²) in [4.78, 5) is 30.6. The molecule has 5 heteroatoms. The Hall–Kier alpha value is -2.69. The lowest BCUT2D eigenvalue weighted by atomic mass is 10.1. The molecular formula is C19H23N3O2. The maximum atomic E-state index is 12.4. The van der Waals surface area contributed by atoms with Crippen molar-refractivity contribution in [2.75, 3.05) is 18.4 Å². The zero-order valence-corrected chi connectivity index (χ0v) is 14.6. The van der Waals surface area contributed by atoms with E-state index < -0.39 is 0 Å². The summed E-state index contributed by atoms with van der Waals surface area (Å²) in [5.74, 6) is -0.417. The van der Waals surface area contributed by atoms with Crippen molar-refractivity contribution in [2.24, 2.45) is 0 Å². The summed E-state index contributed by atoms with van der Waals surface area (Å²) in [5, 5.41) is 2.85. The van der Waals surface area contributed by atoms with Gasteiger partial charge in [-0.3, -0.25) is 14.6 Å². The molecule has 126 valence electrons. The molecule has 0 saturated heterocycles. The number of nitrogens with one attached hydrogen (secondary N) is 1. The first-order valence-electron chi connectivity index (χ1n) is 8.10. The Morgan fingerprint density at radius 1 is 1.08 bits per heavy atom. The minimum Gasteiger partial charge on any atom is -0.339 e. The molecule has 0 unspecified atom stereocenters. The first kappa shape index (κ1) is 17.7. The number of carbonyl (C=O) groups is 2. The van der Waals surface area contributed by atoms with E-state index in [1.54, 1.807) is 17.0 Å². The molecule has 0 fully saturated rings. The van der Waals surface area contributed by atoms with Crippen molar-refractivity contribution in [1.82, 2.24) is 9.88 Å². The van der Waals surface area contributed by atoms with E-state index in [2.05, 4.69) is 10.3 Å². The molecule has 2 amide bonds. The number of aromatic nitrogens is 1. The van der Waals surface area contributed by atoms with Crippen LogP contribution in [-0.4, -0.2) is 34.8 Å². The van der Waals surface area contributed by atoms with E-state index in [1.807, 2.05) is 45.9 Å². The Morgan fingerprint density at radius 3 is 2.42 bits per heavy atom. The van der Waals surface area contributed by atoms with Crippen LogP contribution in [0.3, 0.4) is 0 Å². The van der Waals surface area contributed by atoms with Gasteiger partial charge in [0.2, 0.25) is 0 Å². The van der Waals surface area contributed by atoms with Gasteiger partial charge in [0, 0.05) is 30.5 Å². The molecule has 0 saturated carbocycles. The van der Waals surface area contributed by atoms with Crippen LogP contribution in [0.15, 0.2) is 36.5 Å². The molecule has 24 heavy (non-hydrogen) atoms. The van der Waals surface area contributed by atoms with Gasteiger partial charge >= 0.3 is 0 Å². The first-order chi connectivity index (χ1) is 11.5. The van der Waals surface area contributed by atoms with E-state index in [9.17, 15) is 9.59 Å². The van der Waals surface area contributed by atoms with Crippen molar-refractivity contribution < 1.29 is 9.59 Å². The number of nitrogens with zero attached hydrogens (tertiary/aromatic N) is 2. The Morgan fingerprint density at radius 2 is 1.79 bits per heavy atom. The Labute approximate surface area is 142 Å². The Kier molecular flexibility index (Phi) is 5.68. The molecule has 2 rings (SSSR count). The second kappa shape index (κ2) is 7.73. The standard InChI is InChI=1S/C19H23N3O2/c1-5-22(6-2)19(24)15-9-10-20-17(12-15)18(23)21-16-8-7-13(3)11-14(16)4/h7-12H,5-6H2,1-4H3,(H,21,23). The molecular weight excluding hydrogens is 302 g/mol. The van der Waals surface area contributed by atoms with E-state index in [0.717, 1.165) is 16.8 Å². The number of pyridine rings is 1. The quantitative estimate of drug-likeness (QED) is 0.916. The van der Waals surface area contributed by atoms with Crippen LogP contribution in [0.25, 0.3) is 0 Å². The number of aryl methyl sites for hydroxylation is 2. The summed E-state index contributed by atoms with van der Waals surface area (Å²) >= 11 is 0. The molecule has 0 radical (unpaired) electrons. The van der Waals surface area contributed by atoms with Crippen LogP contribution < -0.4 is 5.32 Å². The number of carbonyl (C=O) groups excluding carboxylic acids is 2. The lowest BCUT2D eigenvalue weighted by molar-refractivity contribution is 0.0773. The van der Waals surface area contributed by atoms with Gasteiger partial charge in [0.15, 0.2) is 0 Å². The Bertz CT molecular complexity index is 752. The zero-order valence-electron chi connectivity index (χ0n) is 14.6. The number of amides is 2. The molecule has 5 nitrogen and oxygen atoms in total. The highest BCUT2D eigenvalue weighted by Gasteiger charge is 2.16. The average molecular weight is 325 g/mol. The van der Waals surface area contributed by atoms with Gasteiger partial charge in [-0.1, -0.05) is 17.7 Å².